The summed E-state index contributed by atoms with van der Waals surface area (Å²) in [5.74, 6) is -1.57. The highest BCUT2D eigenvalue weighted by Crippen LogP contribution is 2.18. The van der Waals surface area contributed by atoms with Crippen LogP contribution in [0, 0.1) is 6.92 Å². The molecule has 0 saturated heterocycles. The maximum absolute atomic E-state index is 12.1. The number of carbonyl (C=O) groups excluding carboxylic acids is 1. The van der Waals surface area contributed by atoms with E-state index in [4.69, 9.17) is 9.63 Å². The van der Waals surface area contributed by atoms with Gasteiger partial charge in [-0.05, 0) is 26.3 Å². The summed E-state index contributed by atoms with van der Waals surface area (Å²) in [6.07, 6.45) is 1.61. The van der Waals surface area contributed by atoms with Crippen molar-refractivity contribution in [3.63, 3.8) is 0 Å². The number of aliphatic carboxylic acids is 1. The van der Waals surface area contributed by atoms with Gasteiger partial charge in [0.2, 0.25) is 0 Å². The molecule has 2 rings (SSSR count). The van der Waals surface area contributed by atoms with Gasteiger partial charge in [-0.1, -0.05) is 12.1 Å². The highest BCUT2D eigenvalue weighted by atomic mass is 16.5. The van der Waals surface area contributed by atoms with E-state index in [-0.39, 0.29) is 12.0 Å². The van der Waals surface area contributed by atoms with Crippen LogP contribution in [0.2, 0.25) is 0 Å². The predicted octanol–water partition coefficient (Wildman–Crippen LogP) is 1.51. The molecule has 1 amide bonds. The minimum absolute atomic E-state index is 0.268. The summed E-state index contributed by atoms with van der Waals surface area (Å²) in [5.41, 5.74) is -0.0747. The lowest BCUT2D eigenvalue weighted by Gasteiger charge is -2.24. The number of carboxylic acid groups (broad SMARTS) is 1. The molecule has 0 aromatic carbocycles. The normalized spacial score (nSPS) is 13.9. The second-order valence-electron chi connectivity index (χ2n) is 4.79. The third kappa shape index (κ3) is 2.34. The third-order valence-corrected chi connectivity index (χ3v) is 3.34. The van der Waals surface area contributed by atoms with Crippen LogP contribution in [-0.2, 0) is 4.79 Å². The first-order chi connectivity index (χ1) is 9.37. The average Bonchev–Trinajstić information content (AvgIpc) is 2.79. The molecule has 1 atom stereocenters. The zero-order chi connectivity index (χ0) is 14.9. The van der Waals surface area contributed by atoms with E-state index in [1.165, 1.54) is 13.1 Å². The fraction of sp³-hybridized carbons (Fsp3) is 0.385. The van der Waals surface area contributed by atoms with Gasteiger partial charge in [0.1, 0.15) is 5.54 Å². The molecular formula is C13H15N3O4. The van der Waals surface area contributed by atoms with Gasteiger partial charge < -0.3 is 14.9 Å². The monoisotopic (exact) mass is 277 g/mol. The highest BCUT2D eigenvalue weighted by molar-refractivity contribution is 5.99. The quantitative estimate of drug-likeness (QED) is 0.877. The number of hydrogen-bond donors (Lipinski definition) is 2. The number of carboxylic acids is 1. The Morgan fingerprint density at radius 1 is 1.50 bits per heavy atom. The van der Waals surface area contributed by atoms with Gasteiger partial charge in [0.25, 0.3) is 11.6 Å². The van der Waals surface area contributed by atoms with E-state index in [0.717, 1.165) is 0 Å². The van der Waals surface area contributed by atoms with Gasteiger partial charge in [0, 0.05) is 6.20 Å². The number of carbonyl (C=O) groups is 2. The molecule has 20 heavy (non-hydrogen) atoms. The van der Waals surface area contributed by atoms with Crippen molar-refractivity contribution in [3.8, 4) is 0 Å². The Kier molecular flexibility index (Phi) is 3.44. The smallest absolute Gasteiger partial charge is 0.329 e. The van der Waals surface area contributed by atoms with Crippen molar-refractivity contribution in [2.45, 2.75) is 32.7 Å². The zero-order valence-corrected chi connectivity index (χ0v) is 11.4. The number of amides is 1. The first kappa shape index (κ1) is 14.0. The van der Waals surface area contributed by atoms with E-state index >= 15 is 0 Å². The first-order valence-electron chi connectivity index (χ1n) is 6.15. The fourth-order valence-electron chi connectivity index (χ4n) is 1.69. The Balaban J connectivity index is 2.31. The number of nitrogens with zero attached hydrogens (tertiary/aromatic N) is 2. The van der Waals surface area contributed by atoms with Crippen molar-refractivity contribution in [3.05, 3.63) is 23.5 Å². The van der Waals surface area contributed by atoms with Crippen molar-refractivity contribution in [1.29, 1.82) is 0 Å². The van der Waals surface area contributed by atoms with E-state index in [2.05, 4.69) is 15.5 Å². The van der Waals surface area contributed by atoms with Crippen LogP contribution in [0.15, 0.2) is 16.8 Å². The van der Waals surface area contributed by atoms with Gasteiger partial charge in [-0.3, -0.25) is 4.79 Å². The van der Waals surface area contributed by atoms with Gasteiger partial charge in [-0.25, -0.2) is 9.78 Å². The summed E-state index contributed by atoms with van der Waals surface area (Å²) in [6.45, 7) is 4.90. The molecule has 0 fully saturated rings. The Morgan fingerprint density at radius 3 is 2.80 bits per heavy atom. The van der Waals surface area contributed by atoms with E-state index in [1.807, 2.05) is 0 Å². The molecule has 0 bridgehead atoms. The van der Waals surface area contributed by atoms with Gasteiger partial charge in [-0.15, -0.1) is 0 Å². The van der Waals surface area contributed by atoms with E-state index in [0.29, 0.717) is 16.8 Å². The Morgan fingerprint density at radius 2 is 2.20 bits per heavy atom. The summed E-state index contributed by atoms with van der Waals surface area (Å²) in [5, 5.41) is 16.0. The van der Waals surface area contributed by atoms with Crippen LogP contribution in [-0.4, -0.2) is 32.7 Å². The summed E-state index contributed by atoms with van der Waals surface area (Å²) in [7, 11) is 0. The van der Waals surface area contributed by atoms with Crippen LogP contribution in [0.1, 0.15) is 36.3 Å². The molecule has 2 heterocycles. The average molecular weight is 277 g/mol. The maximum Gasteiger partial charge on any atom is 0.329 e. The highest BCUT2D eigenvalue weighted by Gasteiger charge is 2.33. The Hall–Kier alpha value is -2.44. The largest absolute Gasteiger partial charge is 0.480 e. The maximum atomic E-state index is 12.1. The van der Waals surface area contributed by atoms with Crippen LogP contribution < -0.4 is 5.32 Å². The van der Waals surface area contributed by atoms with Gasteiger partial charge in [-0.2, -0.15) is 0 Å². The molecular weight excluding hydrogens is 262 g/mol. The van der Waals surface area contributed by atoms with E-state index in [1.54, 1.807) is 19.9 Å². The molecule has 7 heteroatoms. The summed E-state index contributed by atoms with van der Waals surface area (Å²) >= 11 is 0. The SMILES string of the molecule is CCC(C)(NC(=O)c1cnc2onc(C)c2c1)C(=O)O. The van der Waals surface area contributed by atoms with Crippen molar-refractivity contribution >= 4 is 23.0 Å². The molecule has 0 aliphatic heterocycles. The number of hydrogen-bond acceptors (Lipinski definition) is 5. The molecule has 0 aliphatic rings. The number of pyridine rings is 1. The molecule has 2 aromatic heterocycles. The molecule has 2 N–H and O–H groups in total. The zero-order valence-electron chi connectivity index (χ0n) is 11.4. The number of rotatable bonds is 4. The Bertz CT molecular complexity index is 679. The van der Waals surface area contributed by atoms with Gasteiger partial charge in [0.15, 0.2) is 0 Å². The van der Waals surface area contributed by atoms with Crippen molar-refractivity contribution < 1.29 is 19.2 Å². The van der Waals surface area contributed by atoms with Gasteiger partial charge >= 0.3 is 5.97 Å². The van der Waals surface area contributed by atoms with Crippen LogP contribution in [0.25, 0.3) is 11.1 Å². The minimum Gasteiger partial charge on any atom is -0.480 e. The first-order valence-corrected chi connectivity index (χ1v) is 6.15. The van der Waals surface area contributed by atoms with E-state index < -0.39 is 17.4 Å². The van der Waals surface area contributed by atoms with Crippen LogP contribution >= 0.6 is 0 Å². The van der Waals surface area contributed by atoms with Crippen molar-refractivity contribution in [1.82, 2.24) is 15.5 Å². The topological polar surface area (TPSA) is 105 Å². The molecule has 0 saturated carbocycles. The molecule has 0 radical (unpaired) electrons. The lowest BCUT2D eigenvalue weighted by molar-refractivity contribution is -0.143. The standard InChI is InChI=1S/C13H15N3O4/c1-4-13(3,12(18)19)15-10(17)8-5-9-7(2)16-20-11(9)14-6-8/h5-6H,4H2,1-3H3,(H,15,17)(H,18,19). The molecule has 0 spiro atoms. The number of nitrogens with one attached hydrogen (secondary N) is 1. The van der Waals surface area contributed by atoms with Gasteiger partial charge in [0.05, 0.1) is 16.6 Å². The van der Waals surface area contributed by atoms with Crippen LogP contribution in [0.4, 0.5) is 0 Å². The lowest BCUT2D eigenvalue weighted by atomic mass is 9.98. The van der Waals surface area contributed by atoms with Crippen molar-refractivity contribution in [2.75, 3.05) is 0 Å². The number of aryl methyl sites for hydroxylation is 1. The summed E-state index contributed by atoms with van der Waals surface area (Å²) in [4.78, 5) is 27.3. The molecule has 2 aromatic rings. The van der Waals surface area contributed by atoms with Crippen molar-refractivity contribution in [2.24, 2.45) is 0 Å². The molecule has 1 unspecified atom stereocenters. The molecule has 0 aliphatic carbocycles. The summed E-state index contributed by atoms with van der Waals surface area (Å²) < 4.78 is 4.96. The third-order valence-electron chi connectivity index (χ3n) is 3.34. The van der Waals surface area contributed by atoms with Crippen LogP contribution in [0.3, 0.4) is 0 Å². The minimum atomic E-state index is -1.31. The van der Waals surface area contributed by atoms with Crippen LogP contribution in [0.5, 0.6) is 0 Å². The molecule has 7 nitrogen and oxygen atoms in total. The number of fused-ring (bicyclic) bond motifs is 1. The fourth-order valence-corrected chi connectivity index (χ4v) is 1.69. The lowest BCUT2D eigenvalue weighted by Crippen LogP contribution is -2.51. The Labute approximate surface area is 115 Å². The number of aromatic nitrogens is 2. The summed E-state index contributed by atoms with van der Waals surface area (Å²) in [6, 6.07) is 1.58. The van der Waals surface area contributed by atoms with E-state index in [9.17, 15) is 9.59 Å². The predicted molar refractivity (Wildman–Crippen MR) is 70.3 cm³/mol. The molecule has 106 valence electrons. The second kappa shape index (κ2) is 4.92. The second-order valence-corrected chi connectivity index (χ2v) is 4.79.